The van der Waals surface area contributed by atoms with E-state index in [2.05, 4.69) is 79.5 Å². The summed E-state index contributed by atoms with van der Waals surface area (Å²) in [6.07, 6.45) is 15.3. The molecule has 1 nitrogen and oxygen atoms in total. The van der Waals surface area contributed by atoms with Crippen LogP contribution in [0.3, 0.4) is 0 Å². The molecule has 0 amide bonds. The molecule has 0 unspecified atom stereocenters. The Morgan fingerprint density at radius 3 is 2.26 bits per heavy atom. The van der Waals surface area contributed by atoms with Crippen LogP contribution in [0.15, 0.2) is 65.7 Å². The van der Waals surface area contributed by atoms with Crippen LogP contribution in [0.4, 0.5) is 5.69 Å². The fourth-order valence-corrected chi connectivity index (χ4v) is 4.07. The molecular weight excluding hydrogens is 326 g/mol. The van der Waals surface area contributed by atoms with Gasteiger partial charge in [-0.1, -0.05) is 61.9 Å². The molecule has 27 heavy (non-hydrogen) atoms. The van der Waals surface area contributed by atoms with Crippen LogP contribution in [-0.4, -0.2) is 6.21 Å². The van der Waals surface area contributed by atoms with E-state index in [4.69, 9.17) is 0 Å². The van der Waals surface area contributed by atoms with Crippen LogP contribution >= 0.6 is 0 Å². The van der Waals surface area contributed by atoms with Crippen molar-refractivity contribution in [2.24, 2.45) is 10.9 Å². The third kappa shape index (κ3) is 5.92. The highest BCUT2D eigenvalue weighted by molar-refractivity contribution is 5.81. The first-order chi connectivity index (χ1) is 13.3. The summed E-state index contributed by atoms with van der Waals surface area (Å²) in [7, 11) is 0. The van der Waals surface area contributed by atoms with Gasteiger partial charge in [-0.2, -0.15) is 0 Å². The van der Waals surface area contributed by atoms with Gasteiger partial charge in [-0.15, -0.1) is 0 Å². The average molecular weight is 360 g/mol. The van der Waals surface area contributed by atoms with E-state index in [9.17, 15) is 0 Å². The second-order valence-corrected chi connectivity index (χ2v) is 7.82. The number of hydrogen-bond donors (Lipinski definition) is 0. The van der Waals surface area contributed by atoms with Crippen molar-refractivity contribution in [2.45, 2.75) is 64.7 Å². The topological polar surface area (TPSA) is 12.4 Å². The summed E-state index contributed by atoms with van der Waals surface area (Å²) in [5.74, 6) is 1.71. The van der Waals surface area contributed by atoms with Gasteiger partial charge in [-0.25, -0.2) is 0 Å². The van der Waals surface area contributed by atoms with Gasteiger partial charge in [-0.05, 0) is 86.1 Å². The van der Waals surface area contributed by atoms with Crippen molar-refractivity contribution in [2.75, 3.05) is 0 Å². The molecule has 0 radical (unpaired) electrons. The second kappa shape index (κ2) is 10.3. The lowest BCUT2D eigenvalue weighted by Gasteiger charge is -2.28. The molecule has 2 aromatic rings. The lowest BCUT2D eigenvalue weighted by atomic mass is 9.78. The standard InChI is InChI=1S/C26H33N/c1-3-5-6-7-22-8-10-23(11-9-22)20-27-26-18-16-25(17-19-26)24-14-12-21(4-2)13-15-24/h3,5,8-11,16-21,24H,4,6-7,12-15H2,1-2H3/b5-3+,27-20?. The second-order valence-electron chi connectivity index (χ2n) is 7.82. The lowest BCUT2D eigenvalue weighted by Crippen LogP contribution is -2.12. The van der Waals surface area contributed by atoms with E-state index in [1.165, 1.54) is 43.2 Å². The first-order valence-electron chi connectivity index (χ1n) is 10.6. The lowest BCUT2D eigenvalue weighted by molar-refractivity contribution is 0.319. The fourth-order valence-electron chi connectivity index (χ4n) is 4.07. The Bertz CT molecular complexity index is 729. The van der Waals surface area contributed by atoms with Gasteiger partial charge in [0, 0.05) is 6.21 Å². The molecular formula is C26H33N. The maximum atomic E-state index is 4.66. The van der Waals surface area contributed by atoms with E-state index < -0.39 is 0 Å². The predicted molar refractivity (Wildman–Crippen MR) is 118 cm³/mol. The highest BCUT2D eigenvalue weighted by Crippen LogP contribution is 2.37. The summed E-state index contributed by atoms with van der Waals surface area (Å²) in [6.45, 7) is 4.40. The number of rotatable bonds is 7. The molecule has 0 aromatic heterocycles. The maximum absolute atomic E-state index is 4.66. The van der Waals surface area contributed by atoms with Crippen LogP contribution < -0.4 is 0 Å². The number of aryl methyl sites for hydroxylation is 1. The van der Waals surface area contributed by atoms with Gasteiger partial charge in [0.05, 0.1) is 5.69 Å². The molecule has 0 saturated heterocycles. The van der Waals surface area contributed by atoms with Crippen LogP contribution in [0.5, 0.6) is 0 Å². The highest BCUT2D eigenvalue weighted by Gasteiger charge is 2.20. The van der Waals surface area contributed by atoms with E-state index in [0.717, 1.165) is 35.9 Å². The maximum Gasteiger partial charge on any atom is 0.0630 e. The Morgan fingerprint density at radius 2 is 1.63 bits per heavy atom. The number of benzene rings is 2. The molecule has 1 fully saturated rings. The van der Waals surface area contributed by atoms with E-state index in [1.807, 2.05) is 6.21 Å². The van der Waals surface area contributed by atoms with Gasteiger partial charge < -0.3 is 0 Å². The molecule has 1 aliphatic rings. The largest absolute Gasteiger partial charge is 0.256 e. The van der Waals surface area contributed by atoms with Crippen molar-refractivity contribution < 1.29 is 0 Å². The van der Waals surface area contributed by atoms with Gasteiger partial charge in [-0.3, -0.25) is 4.99 Å². The summed E-state index contributed by atoms with van der Waals surface area (Å²) < 4.78 is 0. The Hall–Kier alpha value is -2.15. The number of aliphatic imine (C=N–C) groups is 1. The molecule has 3 rings (SSSR count). The number of allylic oxidation sites excluding steroid dienone is 2. The zero-order chi connectivity index (χ0) is 18.9. The Kier molecular flexibility index (Phi) is 7.45. The summed E-state index contributed by atoms with van der Waals surface area (Å²) in [6, 6.07) is 17.7. The Labute approximate surface area is 165 Å². The monoisotopic (exact) mass is 359 g/mol. The molecule has 1 aliphatic carbocycles. The number of hydrogen-bond acceptors (Lipinski definition) is 1. The first kappa shape index (κ1) is 19.6. The molecule has 1 saturated carbocycles. The summed E-state index contributed by atoms with van der Waals surface area (Å²) in [5.41, 5.74) is 5.08. The van der Waals surface area contributed by atoms with Crippen molar-refractivity contribution in [1.29, 1.82) is 0 Å². The average Bonchev–Trinajstić information content (AvgIpc) is 2.74. The van der Waals surface area contributed by atoms with Crippen molar-refractivity contribution in [3.05, 3.63) is 77.4 Å². The SMILES string of the molecule is C/C=C/CCc1ccc(C=Nc2ccc(C3CCC(CC)CC3)cc2)cc1. The zero-order valence-corrected chi connectivity index (χ0v) is 16.9. The van der Waals surface area contributed by atoms with E-state index in [1.54, 1.807) is 0 Å². The number of nitrogens with zero attached hydrogens (tertiary/aromatic N) is 1. The summed E-state index contributed by atoms with van der Waals surface area (Å²) in [4.78, 5) is 4.66. The Balaban J connectivity index is 1.54. The molecule has 0 aliphatic heterocycles. The van der Waals surface area contributed by atoms with Gasteiger partial charge in [0.25, 0.3) is 0 Å². The molecule has 0 bridgehead atoms. The van der Waals surface area contributed by atoms with Crippen molar-refractivity contribution >= 4 is 11.9 Å². The molecule has 2 aromatic carbocycles. The highest BCUT2D eigenvalue weighted by atomic mass is 14.7. The minimum absolute atomic E-state index is 0.751. The van der Waals surface area contributed by atoms with Crippen molar-refractivity contribution in [3.8, 4) is 0 Å². The minimum Gasteiger partial charge on any atom is -0.256 e. The fraction of sp³-hybridized carbons (Fsp3) is 0.423. The minimum atomic E-state index is 0.751. The van der Waals surface area contributed by atoms with Crippen LogP contribution in [0, 0.1) is 5.92 Å². The predicted octanol–water partition coefficient (Wildman–Crippen LogP) is 7.63. The molecule has 0 spiro atoms. The normalized spacial score (nSPS) is 20.5. The molecule has 0 heterocycles. The summed E-state index contributed by atoms with van der Waals surface area (Å²) >= 11 is 0. The molecule has 1 heteroatoms. The van der Waals surface area contributed by atoms with E-state index in [0.29, 0.717) is 0 Å². The molecule has 142 valence electrons. The smallest absolute Gasteiger partial charge is 0.0630 e. The van der Waals surface area contributed by atoms with Crippen LogP contribution in [0.2, 0.25) is 0 Å². The van der Waals surface area contributed by atoms with Crippen molar-refractivity contribution in [1.82, 2.24) is 0 Å². The van der Waals surface area contributed by atoms with Gasteiger partial charge in [0.1, 0.15) is 0 Å². The van der Waals surface area contributed by atoms with E-state index in [-0.39, 0.29) is 0 Å². The summed E-state index contributed by atoms with van der Waals surface area (Å²) in [5, 5.41) is 0. The van der Waals surface area contributed by atoms with Crippen LogP contribution in [0.25, 0.3) is 0 Å². The third-order valence-electron chi connectivity index (χ3n) is 5.97. The quantitative estimate of drug-likeness (QED) is 0.356. The van der Waals surface area contributed by atoms with Gasteiger partial charge in [0.2, 0.25) is 0 Å². The first-order valence-corrected chi connectivity index (χ1v) is 10.6. The molecule has 0 atom stereocenters. The van der Waals surface area contributed by atoms with Gasteiger partial charge >= 0.3 is 0 Å². The van der Waals surface area contributed by atoms with Crippen molar-refractivity contribution in [3.63, 3.8) is 0 Å². The zero-order valence-electron chi connectivity index (χ0n) is 16.9. The Morgan fingerprint density at radius 1 is 0.926 bits per heavy atom. The molecule has 0 N–H and O–H groups in total. The van der Waals surface area contributed by atoms with Crippen LogP contribution in [-0.2, 0) is 6.42 Å². The van der Waals surface area contributed by atoms with E-state index >= 15 is 0 Å². The van der Waals surface area contributed by atoms with Gasteiger partial charge in [0.15, 0.2) is 0 Å². The van der Waals surface area contributed by atoms with Crippen LogP contribution in [0.1, 0.15) is 75.0 Å². The third-order valence-corrected chi connectivity index (χ3v) is 5.97.